The topological polar surface area (TPSA) is 71.4 Å². The molecule has 0 aliphatic rings. The SMILES string of the molecule is CCCCCC(=O)CCC[C@@H](CCCCCCC(=O)O)C(C)=O. The van der Waals surface area contributed by atoms with Crippen molar-refractivity contribution < 1.29 is 19.5 Å². The summed E-state index contributed by atoms with van der Waals surface area (Å²) < 4.78 is 0. The Kier molecular flexibility index (Phi) is 13.7. The molecule has 0 fully saturated rings. The minimum Gasteiger partial charge on any atom is -0.481 e. The Hall–Kier alpha value is -1.19. The average Bonchev–Trinajstić information content (AvgIpc) is 2.48. The van der Waals surface area contributed by atoms with E-state index < -0.39 is 5.97 Å². The molecule has 134 valence electrons. The number of Topliss-reactive ketones (excluding diaryl/α,β-unsaturated/α-hetero) is 2. The van der Waals surface area contributed by atoms with Crippen LogP contribution in [0.2, 0.25) is 0 Å². The average molecular weight is 326 g/mol. The van der Waals surface area contributed by atoms with Gasteiger partial charge in [-0.15, -0.1) is 0 Å². The van der Waals surface area contributed by atoms with Gasteiger partial charge in [-0.2, -0.15) is 0 Å². The van der Waals surface area contributed by atoms with Gasteiger partial charge in [0.2, 0.25) is 0 Å². The lowest BCUT2D eigenvalue weighted by atomic mass is 9.91. The summed E-state index contributed by atoms with van der Waals surface area (Å²) in [6.07, 6.45) is 10.8. The first-order valence-corrected chi connectivity index (χ1v) is 9.21. The van der Waals surface area contributed by atoms with Crippen molar-refractivity contribution in [3.8, 4) is 0 Å². The lowest BCUT2D eigenvalue weighted by molar-refractivity contribution is -0.137. The minimum atomic E-state index is -0.741. The van der Waals surface area contributed by atoms with Crippen molar-refractivity contribution in [3.63, 3.8) is 0 Å². The van der Waals surface area contributed by atoms with Crippen molar-refractivity contribution in [3.05, 3.63) is 0 Å². The Bertz CT molecular complexity index is 349. The second-order valence-electron chi connectivity index (χ2n) is 6.54. The zero-order valence-electron chi connectivity index (χ0n) is 14.9. The van der Waals surface area contributed by atoms with Crippen LogP contribution in [0.15, 0.2) is 0 Å². The van der Waals surface area contributed by atoms with Crippen molar-refractivity contribution >= 4 is 17.5 Å². The molecule has 0 saturated carbocycles. The maximum absolute atomic E-state index is 11.7. The molecule has 0 saturated heterocycles. The predicted octanol–water partition coefficient (Wildman–Crippen LogP) is 4.94. The molecule has 0 rings (SSSR count). The Balaban J connectivity index is 3.75. The summed E-state index contributed by atoms with van der Waals surface area (Å²) in [4.78, 5) is 33.8. The number of carbonyl (C=O) groups excluding carboxylic acids is 2. The molecule has 0 aromatic rings. The summed E-state index contributed by atoms with van der Waals surface area (Å²) in [6.45, 7) is 3.77. The zero-order valence-corrected chi connectivity index (χ0v) is 14.9. The second-order valence-corrected chi connectivity index (χ2v) is 6.54. The molecule has 0 spiro atoms. The molecule has 0 heterocycles. The fourth-order valence-electron chi connectivity index (χ4n) is 2.81. The number of carboxylic acids is 1. The molecular formula is C19H34O4. The van der Waals surface area contributed by atoms with Crippen LogP contribution in [0.3, 0.4) is 0 Å². The fraction of sp³-hybridized carbons (Fsp3) is 0.842. The molecule has 0 aliphatic carbocycles. The van der Waals surface area contributed by atoms with Gasteiger partial charge in [0.25, 0.3) is 0 Å². The van der Waals surface area contributed by atoms with Crippen molar-refractivity contribution in [1.29, 1.82) is 0 Å². The highest BCUT2D eigenvalue weighted by atomic mass is 16.4. The van der Waals surface area contributed by atoms with E-state index >= 15 is 0 Å². The van der Waals surface area contributed by atoms with Crippen molar-refractivity contribution in [1.82, 2.24) is 0 Å². The summed E-state index contributed by atoms with van der Waals surface area (Å²) in [5.41, 5.74) is 0. The maximum Gasteiger partial charge on any atom is 0.303 e. The summed E-state index contributed by atoms with van der Waals surface area (Å²) in [5, 5.41) is 8.57. The van der Waals surface area contributed by atoms with E-state index in [4.69, 9.17) is 5.11 Å². The largest absolute Gasteiger partial charge is 0.481 e. The lowest BCUT2D eigenvalue weighted by Crippen LogP contribution is -2.12. The molecule has 4 heteroatoms. The zero-order chi connectivity index (χ0) is 17.5. The number of hydrogen-bond acceptors (Lipinski definition) is 3. The summed E-state index contributed by atoms with van der Waals surface area (Å²) in [7, 11) is 0. The smallest absolute Gasteiger partial charge is 0.303 e. The van der Waals surface area contributed by atoms with Gasteiger partial charge in [0.1, 0.15) is 11.6 Å². The molecular weight excluding hydrogens is 292 g/mol. The van der Waals surface area contributed by atoms with Crippen LogP contribution in [-0.4, -0.2) is 22.6 Å². The van der Waals surface area contributed by atoms with Gasteiger partial charge >= 0.3 is 5.97 Å². The van der Waals surface area contributed by atoms with Crippen LogP contribution < -0.4 is 0 Å². The summed E-state index contributed by atoms with van der Waals surface area (Å²) in [5.74, 6) is -0.128. The first-order valence-electron chi connectivity index (χ1n) is 9.21. The number of hydrogen-bond donors (Lipinski definition) is 1. The van der Waals surface area contributed by atoms with Gasteiger partial charge in [0.05, 0.1) is 0 Å². The van der Waals surface area contributed by atoms with E-state index in [9.17, 15) is 14.4 Å². The van der Waals surface area contributed by atoms with Gasteiger partial charge in [-0.05, 0) is 39.0 Å². The number of unbranched alkanes of at least 4 members (excludes halogenated alkanes) is 5. The fourth-order valence-corrected chi connectivity index (χ4v) is 2.81. The van der Waals surface area contributed by atoms with E-state index in [-0.39, 0.29) is 18.1 Å². The van der Waals surface area contributed by atoms with E-state index in [1.54, 1.807) is 6.92 Å². The van der Waals surface area contributed by atoms with Crippen LogP contribution in [0, 0.1) is 5.92 Å². The third-order valence-corrected chi connectivity index (χ3v) is 4.34. The molecule has 1 N–H and O–H groups in total. The Morgan fingerprint density at radius 3 is 1.96 bits per heavy atom. The van der Waals surface area contributed by atoms with Crippen LogP contribution in [0.25, 0.3) is 0 Å². The second kappa shape index (κ2) is 14.4. The van der Waals surface area contributed by atoms with Crippen LogP contribution in [0.5, 0.6) is 0 Å². The summed E-state index contributed by atoms with van der Waals surface area (Å²) in [6, 6.07) is 0. The van der Waals surface area contributed by atoms with Crippen LogP contribution >= 0.6 is 0 Å². The molecule has 0 radical (unpaired) electrons. The molecule has 0 amide bonds. The van der Waals surface area contributed by atoms with Crippen LogP contribution in [0.4, 0.5) is 0 Å². The standard InChI is InChI=1S/C19H34O4/c1-3-4-7-13-18(21)14-10-12-17(16(2)20)11-8-5-6-9-15-19(22)23/h17H,3-15H2,1-2H3,(H,22,23)/t17-/m1/s1. The summed E-state index contributed by atoms with van der Waals surface area (Å²) >= 11 is 0. The monoisotopic (exact) mass is 326 g/mol. The van der Waals surface area contributed by atoms with E-state index in [1.807, 2.05) is 0 Å². The Labute approximate surface area is 141 Å². The maximum atomic E-state index is 11.7. The Morgan fingerprint density at radius 1 is 0.783 bits per heavy atom. The van der Waals surface area contributed by atoms with Gasteiger partial charge in [-0.3, -0.25) is 14.4 Å². The normalized spacial score (nSPS) is 12.1. The van der Waals surface area contributed by atoms with Crippen molar-refractivity contribution in [2.24, 2.45) is 5.92 Å². The number of carboxylic acid groups (broad SMARTS) is 1. The number of aliphatic carboxylic acids is 1. The number of rotatable bonds is 16. The third kappa shape index (κ3) is 14.2. The van der Waals surface area contributed by atoms with Crippen molar-refractivity contribution in [2.75, 3.05) is 0 Å². The number of ketones is 2. The molecule has 0 unspecified atom stereocenters. The molecule has 4 nitrogen and oxygen atoms in total. The highest BCUT2D eigenvalue weighted by molar-refractivity contribution is 5.79. The first-order chi connectivity index (χ1) is 11.0. The third-order valence-electron chi connectivity index (χ3n) is 4.34. The molecule has 0 aliphatic heterocycles. The van der Waals surface area contributed by atoms with Gasteiger partial charge in [-0.25, -0.2) is 0 Å². The van der Waals surface area contributed by atoms with Gasteiger partial charge in [0.15, 0.2) is 0 Å². The molecule has 0 aromatic carbocycles. The Morgan fingerprint density at radius 2 is 1.35 bits per heavy atom. The minimum absolute atomic E-state index is 0.0675. The van der Waals surface area contributed by atoms with Crippen LogP contribution in [0.1, 0.15) is 97.3 Å². The highest BCUT2D eigenvalue weighted by Gasteiger charge is 2.14. The molecule has 0 bridgehead atoms. The van der Waals surface area contributed by atoms with E-state index in [0.717, 1.165) is 57.8 Å². The van der Waals surface area contributed by atoms with Gasteiger partial charge in [0, 0.05) is 25.2 Å². The highest BCUT2D eigenvalue weighted by Crippen LogP contribution is 2.19. The van der Waals surface area contributed by atoms with Gasteiger partial charge < -0.3 is 5.11 Å². The van der Waals surface area contributed by atoms with E-state index in [1.165, 1.54) is 0 Å². The van der Waals surface area contributed by atoms with Crippen LogP contribution in [-0.2, 0) is 14.4 Å². The molecule has 1 atom stereocenters. The predicted molar refractivity (Wildman–Crippen MR) is 92.5 cm³/mol. The molecule has 23 heavy (non-hydrogen) atoms. The quantitative estimate of drug-likeness (QED) is 0.408. The first kappa shape index (κ1) is 21.8. The van der Waals surface area contributed by atoms with E-state index in [0.29, 0.717) is 25.0 Å². The van der Waals surface area contributed by atoms with E-state index in [2.05, 4.69) is 6.92 Å². The van der Waals surface area contributed by atoms with Gasteiger partial charge in [-0.1, -0.05) is 39.0 Å². The molecule has 0 aromatic heterocycles. The van der Waals surface area contributed by atoms with Crippen molar-refractivity contribution in [2.45, 2.75) is 97.3 Å². The number of carbonyl (C=O) groups is 3. The lowest BCUT2D eigenvalue weighted by Gasteiger charge is -2.13.